The van der Waals surface area contributed by atoms with E-state index in [1.165, 1.54) is 7.11 Å². The summed E-state index contributed by atoms with van der Waals surface area (Å²) in [6.45, 7) is 0.604. The zero-order valence-corrected chi connectivity index (χ0v) is 13.4. The van der Waals surface area contributed by atoms with Crippen LogP contribution in [0.5, 0.6) is 5.75 Å². The van der Waals surface area contributed by atoms with E-state index < -0.39 is 0 Å². The molecule has 1 aromatic heterocycles. The number of carbonyl (C=O) groups excluding carboxylic acids is 1. The first-order valence-corrected chi connectivity index (χ1v) is 7.76. The van der Waals surface area contributed by atoms with Crippen molar-refractivity contribution in [1.29, 1.82) is 0 Å². The SMILES string of the molecule is COc1cc(Cl)cc(C(=O)N2CCCCC2c2n[nH]c(=O)[nH]2)c1. The van der Waals surface area contributed by atoms with E-state index >= 15 is 0 Å². The van der Waals surface area contributed by atoms with Crippen molar-refractivity contribution in [3.63, 3.8) is 0 Å². The molecule has 1 aliphatic heterocycles. The molecule has 1 fully saturated rings. The maximum Gasteiger partial charge on any atom is 0.340 e. The number of nitrogens with zero attached hydrogens (tertiary/aromatic N) is 2. The number of ether oxygens (including phenoxy) is 1. The summed E-state index contributed by atoms with van der Waals surface area (Å²) in [6.07, 6.45) is 2.64. The van der Waals surface area contributed by atoms with Crippen molar-refractivity contribution in [3.05, 3.63) is 45.1 Å². The average Bonchev–Trinajstić information content (AvgIpc) is 3.00. The lowest BCUT2D eigenvalue weighted by Crippen LogP contribution is -2.39. The van der Waals surface area contributed by atoms with Gasteiger partial charge in [0.15, 0.2) is 5.82 Å². The van der Waals surface area contributed by atoms with Crippen molar-refractivity contribution in [2.45, 2.75) is 25.3 Å². The van der Waals surface area contributed by atoms with E-state index in [1.54, 1.807) is 23.1 Å². The number of halogens is 1. The van der Waals surface area contributed by atoms with Gasteiger partial charge in [0.1, 0.15) is 5.75 Å². The first-order valence-electron chi connectivity index (χ1n) is 7.38. The van der Waals surface area contributed by atoms with Crippen LogP contribution in [-0.4, -0.2) is 39.6 Å². The number of hydrogen-bond acceptors (Lipinski definition) is 4. The van der Waals surface area contributed by atoms with E-state index in [-0.39, 0.29) is 17.6 Å². The molecule has 122 valence electrons. The van der Waals surface area contributed by atoms with Crippen molar-refractivity contribution in [2.75, 3.05) is 13.7 Å². The molecule has 7 nitrogen and oxygen atoms in total. The van der Waals surface area contributed by atoms with Gasteiger partial charge < -0.3 is 9.64 Å². The lowest BCUT2D eigenvalue weighted by molar-refractivity contribution is 0.0600. The highest BCUT2D eigenvalue weighted by molar-refractivity contribution is 6.31. The third-order valence-corrected chi connectivity index (χ3v) is 4.17. The van der Waals surface area contributed by atoms with Crippen LogP contribution in [0.3, 0.4) is 0 Å². The lowest BCUT2D eigenvalue weighted by atomic mass is 10.00. The van der Waals surface area contributed by atoms with Crippen LogP contribution in [0.4, 0.5) is 0 Å². The predicted molar refractivity (Wildman–Crippen MR) is 84.8 cm³/mol. The Bertz CT molecular complexity index is 770. The van der Waals surface area contributed by atoms with Crippen LogP contribution >= 0.6 is 11.6 Å². The number of rotatable bonds is 3. The minimum absolute atomic E-state index is 0.153. The Labute approximate surface area is 137 Å². The van der Waals surface area contributed by atoms with Gasteiger partial charge in [0, 0.05) is 17.1 Å². The number of benzene rings is 1. The Kier molecular flexibility index (Phi) is 4.38. The molecule has 2 N–H and O–H groups in total. The van der Waals surface area contributed by atoms with E-state index in [0.717, 1.165) is 19.3 Å². The number of aromatic amines is 2. The van der Waals surface area contributed by atoms with Crippen LogP contribution in [0.15, 0.2) is 23.0 Å². The number of H-pyrrole nitrogens is 2. The smallest absolute Gasteiger partial charge is 0.340 e. The molecule has 8 heteroatoms. The molecule has 0 bridgehead atoms. The van der Waals surface area contributed by atoms with Crippen LogP contribution in [0.2, 0.25) is 5.02 Å². The zero-order chi connectivity index (χ0) is 16.4. The number of hydrogen-bond donors (Lipinski definition) is 2. The number of piperidine rings is 1. The van der Waals surface area contributed by atoms with Crippen molar-refractivity contribution in [2.24, 2.45) is 0 Å². The summed E-state index contributed by atoms with van der Waals surface area (Å²) in [4.78, 5) is 28.6. The molecular weight excluding hydrogens is 320 g/mol. The number of carbonyl (C=O) groups is 1. The Morgan fingerprint density at radius 3 is 2.91 bits per heavy atom. The lowest BCUT2D eigenvalue weighted by Gasteiger charge is -2.34. The van der Waals surface area contributed by atoms with Gasteiger partial charge in [-0.1, -0.05) is 11.6 Å². The minimum Gasteiger partial charge on any atom is -0.497 e. The largest absolute Gasteiger partial charge is 0.497 e. The van der Waals surface area contributed by atoms with E-state index in [0.29, 0.717) is 28.7 Å². The highest BCUT2D eigenvalue weighted by atomic mass is 35.5. The van der Waals surface area contributed by atoms with Crippen molar-refractivity contribution in [1.82, 2.24) is 20.1 Å². The van der Waals surface area contributed by atoms with Crippen LogP contribution in [-0.2, 0) is 0 Å². The summed E-state index contributed by atoms with van der Waals surface area (Å²) in [6, 6.07) is 4.68. The van der Waals surface area contributed by atoms with E-state index in [9.17, 15) is 9.59 Å². The molecule has 1 amide bonds. The first-order chi connectivity index (χ1) is 11.1. The molecule has 2 aromatic rings. The molecule has 1 aliphatic rings. The Morgan fingerprint density at radius 1 is 1.39 bits per heavy atom. The van der Waals surface area contributed by atoms with Crippen LogP contribution < -0.4 is 10.4 Å². The van der Waals surface area contributed by atoms with Crippen LogP contribution in [0.1, 0.15) is 41.5 Å². The van der Waals surface area contributed by atoms with Gasteiger partial charge in [0.25, 0.3) is 5.91 Å². The molecular formula is C15H17ClN4O3. The van der Waals surface area contributed by atoms with Crippen molar-refractivity contribution >= 4 is 17.5 Å². The normalized spacial score (nSPS) is 18.0. The topological polar surface area (TPSA) is 91.1 Å². The number of amides is 1. The van der Waals surface area contributed by atoms with E-state index in [4.69, 9.17) is 16.3 Å². The second-order valence-electron chi connectivity index (χ2n) is 5.45. The fraction of sp³-hybridized carbons (Fsp3) is 0.400. The van der Waals surface area contributed by atoms with Gasteiger partial charge in [-0.15, -0.1) is 0 Å². The average molecular weight is 337 g/mol. The number of aromatic nitrogens is 3. The molecule has 1 unspecified atom stereocenters. The number of methoxy groups -OCH3 is 1. The predicted octanol–water partition coefficient (Wildman–Crippen LogP) is 2.13. The highest BCUT2D eigenvalue weighted by Crippen LogP contribution is 2.31. The first kappa shape index (κ1) is 15.6. The zero-order valence-electron chi connectivity index (χ0n) is 12.6. The summed E-state index contributed by atoms with van der Waals surface area (Å²) in [5.41, 5.74) is 0.0847. The van der Waals surface area contributed by atoms with Gasteiger partial charge in [-0.25, -0.2) is 9.89 Å². The maximum absolute atomic E-state index is 12.9. The number of nitrogens with one attached hydrogen (secondary N) is 2. The Balaban J connectivity index is 1.92. The third-order valence-electron chi connectivity index (χ3n) is 3.95. The van der Waals surface area contributed by atoms with Gasteiger partial charge in [-0.2, -0.15) is 5.10 Å². The molecule has 0 aliphatic carbocycles. The molecule has 0 saturated carbocycles. The Hall–Kier alpha value is -2.28. The fourth-order valence-electron chi connectivity index (χ4n) is 2.87. The highest BCUT2D eigenvalue weighted by Gasteiger charge is 2.31. The quantitative estimate of drug-likeness (QED) is 0.898. The molecule has 2 heterocycles. The van der Waals surface area contributed by atoms with Gasteiger partial charge >= 0.3 is 5.69 Å². The van der Waals surface area contributed by atoms with Crippen LogP contribution in [0, 0.1) is 0 Å². The third kappa shape index (κ3) is 3.24. The summed E-state index contributed by atoms with van der Waals surface area (Å²) >= 11 is 6.05. The summed E-state index contributed by atoms with van der Waals surface area (Å²) < 4.78 is 5.17. The summed E-state index contributed by atoms with van der Waals surface area (Å²) in [5, 5.41) is 6.77. The van der Waals surface area contributed by atoms with E-state index in [2.05, 4.69) is 15.2 Å². The molecule has 0 radical (unpaired) electrons. The molecule has 1 atom stereocenters. The molecule has 3 rings (SSSR count). The van der Waals surface area contributed by atoms with Gasteiger partial charge in [-0.05, 0) is 37.5 Å². The standard InChI is InChI=1S/C15H17ClN4O3/c1-23-11-7-9(6-10(16)8-11)14(21)20-5-3-2-4-12(20)13-17-15(22)19-18-13/h6-8,12H,2-5H2,1H3,(H2,17,18,19,22). The maximum atomic E-state index is 12.9. The van der Waals surface area contributed by atoms with E-state index in [1.807, 2.05) is 0 Å². The molecule has 1 aromatic carbocycles. The fourth-order valence-corrected chi connectivity index (χ4v) is 3.09. The summed E-state index contributed by atoms with van der Waals surface area (Å²) in [5.74, 6) is 0.860. The second kappa shape index (κ2) is 6.45. The minimum atomic E-state index is -0.373. The summed E-state index contributed by atoms with van der Waals surface area (Å²) in [7, 11) is 1.53. The van der Waals surface area contributed by atoms with Gasteiger partial charge in [0.2, 0.25) is 0 Å². The second-order valence-corrected chi connectivity index (χ2v) is 5.89. The monoisotopic (exact) mass is 336 g/mol. The van der Waals surface area contributed by atoms with Crippen LogP contribution in [0.25, 0.3) is 0 Å². The molecule has 0 spiro atoms. The van der Waals surface area contributed by atoms with Gasteiger partial charge in [0.05, 0.1) is 13.2 Å². The number of likely N-dealkylation sites (tertiary alicyclic amines) is 1. The Morgan fingerprint density at radius 2 is 2.22 bits per heavy atom. The molecule has 23 heavy (non-hydrogen) atoms. The molecule has 1 saturated heterocycles. The van der Waals surface area contributed by atoms with Crippen molar-refractivity contribution in [3.8, 4) is 5.75 Å². The van der Waals surface area contributed by atoms with Crippen molar-refractivity contribution < 1.29 is 9.53 Å². The van der Waals surface area contributed by atoms with Gasteiger partial charge in [-0.3, -0.25) is 9.78 Å².